The minimum Gasteiger partial charge on any atom is -0.395 e. The predicted octanol–water partition coefficient (Wildman–Crippen LogP) is 4.99. The van der Waals surface area contributed by atoms with Crippen molar-refractivity contribution in [3.63, 3.8) is 0 Å². The average Bonchev–Trinajstić information content (AvgIpc) is 2.88. The molecule has 5 rings (SSSR count). The molecule has 2 N–H and O–H groups in total. The average molecular weight is 498 g/mol. The maximum atomic E-state index is 13.4. The van der Waals surface area contributed by atoms with Crippen molar-refractivity contribution in [2.45, 2.75) is 37.8 Å². The molecule has 0 saturated carbocycles. The van der Waals surface area contributed by atoms with E-state index in [0.717, 1.165) is 41.8 Å². The minimum atomic E-state index is -0.299. The van der Waals surface area contributed by atoms with Gasteiger partial charge in [-0.2, -0.15) is 0 Å². The Balaban J connectivity index is 1.31. The van der Waals surface area contributed by atoms with Crippen molar-refractivity contribution in [1.82, 2.24) is 9.80 Å². The van der Waals surface area contributed by atoms with Crippen LogP contribution in [0.2, 0.25) is 0 Å². The van der Waals surface area contributed by atoms with Gasteiger partial charge in [-0.3, -0.25) is 4.90 Å². The molecule has 0 unspecified atom stereocenters. The van der Waals surface area contributed by atoms with Crippen LogP contribution in [0.25, 0.3) is 0 Å². The number of anilines is 1. The molecule has 37 heavy (non-hydrogen) atoms. The summed E-state index contributed by atoms with van der Waals surface area (Å²) in [5.74, 6) is 5.94. The van der Waals surface area contributed by atoms with Crippen molar-refractivity contribution in [1.29, 1.82) is 0 Å². The first-order valence-corrected chi connectivity index (χ1v) is 12.9. The number of carbonyl (C=O) groups is 1. The van der Waals surface area contributed by atoms with E-state index in [1.165, 1.54) is 12.1 Å². The number of hydrogen-bond donors (Lipinski definition) is 2. The van der Waals surface area contributed by atoms with Crippen LogP contribution in [0.4, 0.5) is 14.9 Å². The van der Waals surface area contributed by atoms with Gasteiger partial charge < -0.3 is 15.3 Å². The molecule has 0 spiro atoms. The largest absolute Gasteiger partial charge is 0.395 e. The van der Waals surface area contributed by atoms with Crippen molar-refractivity contribution in [2.75, 3.05) is 31.6 Å². The van der Waals surface area contributed by atoms with Crippen LogP contribution in [0, 0.1) is 24.6 Å². The summed E-state index contributed by atoms with van der Waals surface area (Å²) in [5, 5.41) is 13.3. The first kappa shape index (κ1) is 25.0. The number of carbonyl (C=O) groups excluding carboxylic acids is 1. The molecule has 2 heterocycles. The molecular weight excluding hydrogens is 465 g/mol. The lowest BCUT2D eigenvalue weighted by atomic mass is 9.74. The van der Waals surface area contributed by atoms with Crippen LogP contribution >= 0.6 is 0 Å². The molecule has 5 nitrogen and oxygen atoms in total. The summed E-state index contributed by atoms with van der Waals surface area (Å²) < 4.78 is 13.4. The van der Waals surface area contributed by atoms with E-state index in [2.05, 4.69) is 34.2 Å². The number of nitrogens with zero attached hydrogens (tertiary/aromatic N) is 2. The molecule has 190 valence electrons. The van der Waals surface area contributed by atoms with Crippen LogP contribution in [0.1, 0.15) is 41.0 Å². The fourth-order valence-electron chi connectivity index (χ4n) is 5.46. The van der Waals surface area contributed by atoms with E-state index < -0.39 is 0 Å². The monoisotopic (exact) mass is 497 g/mol. The van der Waals surface area contributed by atoms with Crippen LogP contribution in [-0.4, -0.2) is 59.3 Å². The normalized spacial score (nSPS) is 21.5. The van der Waals surface area contributed by atoms with E-state index in [0.29, 0.717) is 18.7 Å². The van der Waals surface area contributed by atoms with Gasteiger partial charge in [0.15, 0.2) is 0 Å². The number of aliphatic hydroxyl groups excluding tert-OH is 1. The van der Waals surface area contributed by atoms with Gasteiger partial charge in [0.25, 0.3) is 0 Å². The van der Waals surface area contributed by atoms with Gasteiger partial charge in [-0.1, -0.05) is 47.7 Å². The Hall–Kier alpha value is -3.66. The highest BCUT2D eigenvalue weighted by molar-refractivity contribution is 5.89. The van der Waals surface area contributed by atoms with E-state index in [4.69, 9.17) is 0 Å². The molecule has 0 radical (unpaired) electrons. The summed E-state index contributed by atoms with van der Waals surface area (Å²) in [4.78, 5) is 17.4. The smallest absolute Gasteiger partial charge is 0.321 e. The SMILES string of the molecule is Cc1ccc(NC(=O)N2CCCCN3[C@H](CO)[C@H](c4ccc(C#Cc5cccc(F)c5)cc4)[C@@H]3C2)cc1. The van der Waals surface area contributed by atoms with Gasteiger partial charge in [-0.05, 0) is 74.3 Å². The molecular formula is C31H32FN3O2. The Kier molecular flexibility index (Phi) is 7.55. The molecule has 2 fully saturated rings. The summed E-state index contributed by atoms with van der Waals surface area (Å²) in [7, 11) is 0. The van der Waals surface area contributed by atoms with Crippen LogP contribution in [0.5, 0.6) is 0 Å². The molecule has 0 aliphatic carbocycles. The predicted molar refractivity (Wildman–Crippen MR) is 144 cm³/mol. The Morgan fingerprint density at radius 3 is 2.46 bits per heavy atom. The number of aryl methyl sites for hydroxylation is 1. The maximum Gasteiger partial charge on any atom is 0.321 e. The number of amides is 2. The quantitative estimate of drug-likeness (QED) is 0.502. The zero-order valence-electron chi connectivity index (χ0n) is 21.0. The molecule has 2 amide bonds. The van der Waals surface area contributed by atoms with Crippen molar-refractivity contribution in [3.05, 3.63) is 101 Å². The van der Waals surface area contributed by atoms with Gasteiger partial charge in [-0.15, -0.1) is 0 Å². The molecule has 3 aromatic rings. The number of halogens is 1. The maximum absolute atomic E-state index is 13.4. The first-order chi connectivity index (χ1) is 18.0. The Morgan fingerprint density at radius 2 is 1.73 bits per heavy atom. The van der Waals surface area contributed by atoms with Crippen LogP contribution < -0.4 is 5.32 Å². The highest BCUT2D eigenvalue weighted by atomic mass is 19.1. The molecule has 0 bridgehead atoms. The fraction of sp³-hybridized carbons (Fsp3) is 0.323. The van der Waals surface area contributed by atoms with Gasteiger partial charge >= 0.3 is 6.03 Å². The molecule has 2 aliphatic heterocycles. The van der Waals surface area contributed by atoms with Gasteiger partial charge in [0, 0.05) is 47.9 Å². The second kappa shape index (κ2) is 11.2. The van der Waals surface area contributed by atoms with E-state index in [1.54, 1.807) is 12.1 Å². The zero-order valence-corrected chi connectivity index (χ0v) is 21.0. The standard InChI is InChI=1S/C31H32FN3O2/c1-22-7-15-27(16-8-22)33-31(37)34-17-2-3-18-35-28(20-34)30(29(35)21-36)25-13-11-23(12-14-25)9-10-24-5-4-6-26(32)19-24/h4-8,11-16,19,28-30,36H,2-3,17-18,20-21H2,1H3,(H,33,37)/t28-,29+,30+/m0/s1. The number of rotatable bonds is 3. The number of benzene rings is 3. The molecule has 2 saturated heterocycles. The topological polar surface area (TPSA) is 55.8 Å². The number of fused-ring (bicyclic) bond motifs is 1. The lowest BCUT2D eigenvalue weighted by molar-refractivity contribution is -0.0585. The Bertz CT molecular complexity index is 1300. The second-order valence-corrected chi connectivity index (χ2v) is 9.91. The summed E-state index contributed by atoms with van der Waals surface area (Å²) in [5.41, 5.74) is 4.57. The van der Waals surface area contributed by atoms with Crippen molar-refractivity contribution in [2.24, 2.45) is 0 Å². The van der Waals surface area contributed by atoms with E-state index >= 15 is 0 Å². The minimum absolute atomic E-state index is 0.0364. The number of urea groups is 1. The van der Waals surface area contributed by atoms with Gasteiger partial charge in [0.05, 0.1) is 6.61 Å². The highest BCUT2D eigenvalue weighted by Gasteiger charge is 2.49. The molecule has 6 heteroatoms. The molecule has 3 atom stereocenters. The lowest BCUT2D eigenvalue weighted by Crippen LogP contribution is -2.68. The summed E-state index contributed by atoms with van der Waals surface area (Å²) >= 11 is 0. The number of hydrogen-bond acceptors (Lipinski definition) is 3. The molecule has 0 aromatic heterocycles. The van der Waals surface area contributed by atoms with Gasteiger partial charge in [0.2, 0.25) is 0 Å². The second-order valence-electron chi connectivity index (χ2n) is 9.91. The highest BCUT2D eigenvalue weighted by Crippen LogP contribution is 2.42. The number of aliphatic hydroxyl groups is 1. The zero-order chi connectivity index (χ0) is 25.8. The lowest BCUT2D eigenvalue weighted by Gasteiger charge is -2.57. The van der Waals surface area contributed by atoms with Crippen LogP contribution in [0.15, 0.2) is 72.8 Å². The summed E-state index contributed by atoms with van der Waals surface area (Å²) in [6.45, 7) is 4.36. The summed E-state index contributed by atoms with van der Waals surface area (Å²) in [6, 6.07) is 22.3. The van der Waals surface area contributed by atoms with Crippen molar-refractivity contribution < 1.29 is 14.3 Å². The molecule has 3 aromatic carbocycles. The third-order valence-corrected chi connectivity index (χ3v) is 7.43. The number of nitrogens with one attached hydrogen (secondary N) is 1. The molecule has 2 aliphatic rings. The third kappa shape index (κ3) is 5.69. The van der Waals surface area contributed by atoms with E-state index in [9.17, 15) is 14.3 Å². The van der Waals surface area contributed by atoms with Gasteiger partial charge in [-0.25, -0.2) is 9.18 Å². The fourth-order valence-corrected chi connectivity index (χ4v) is 5.46. The van der Waals surface area contributed by atoms with Crippen molar-refractivity contribution >= 4 is 11.7 Å². The van der Waals surface area contributed by atoms with Crippen LogP contribution in [0.3, 0.4) is 0 Å². The third-order valence-electron chi connectivity index (χ3n) is 7.43. The van der Waals surface area contributed by atoms with E-state index in [-0.39, 0.29) is 36.5 Å². The van der Waals surface area contributed by atoms with Gasteiger partial charge in [0.1, 0.15) is 5.82 Å². The van der Waals surface area contributed by atoms with Crippen LogP contribution in [-0.2, 0) is 0 Å². The summed E-state index contributed by atoms with van der Waals surface area (Å²) in [6.07, 6.45) is 1.93. The van der Waals surface area contributed by atoms with Crippen molar-refractivity contribution in [3.8, 4) is 11.8 Å². The first-order valence-electron chi connectivity index (χ1n) is 12.9. The van der Waals surface area contributed by atoms with E-state index in [1.807, 2.05) is 48.2 Å². The Labute approximate surface area is 217 Å². The Morgan fingerprint density at radius 1 is 1.00 bits per heavy atom.